The van der Waals surface area contributed by atoms with Gasteiger partial charge in [0.1, 0.15) is 4.83 Å². The van der Waals surface area contributed by atoms with Crippen molar-refractivity contribution in [1.29, 1.82) is 0 Å². The number of hydrogen-bond donors (Lipinski definition) is 2. The average Bonchev–Trinajstić information content (AvgIpc) is 3.06. The molecule has 1 aromatic carbocycles. The number of hydrogen-bond acceptors (Lipinski definition) is 7. The molecule has 0 bridgehead atoms. The van der Waals surface area contributed by atoms with Crippen molar-refractivity contribution >= 4 is 33.5 Å². The summed E-state index contributed by atoms with van der Waals surface area (Å²) in [6.45, 7) is 2.54. The summed E-state index contributed by atoms with van der Waals surface area (Å²) in [6, 6.07) is 6.87. The van der Waals surface area contributed by atoms with Crippen molar-refractivity contribution < 1.29 is 24.2 Å². The third-order valence-electron chi connectivity index (χ3n) is 3.71. The lowest BCUT2D eigenvalue weighted by Crippen LogP contribution is -2.15. The van der Waals surface area contributed by atoms with Crippen molar-refractivity contribution in [3.63, 3.8) is 0 Å². The molecule has 8 nitrogen and oxygen atoms in total. The summed E-state index contributed by atoms with van der Waals surface area (Å²) in [5.41, 5.74) is 1.47. The lowest BCUT2D eigenvalue weighted by molar-refractivity contribution is 0.0525. The summed E-state index contributed by atoms with van der Waals surface area (Å²) in [5.74, 6) is -2.04. The number of thiophene rings is 1. The largest absolute Gasteiger partial charge is 0.475 e. The zero-order valence-electron chi connectivity index (χ0n) is 14.4. The molecule has 2 heterocycles. The Morgan fingerprint density at radius 3 is 2.63 bits per heavy atom. The molecule has 0 amide bonds. The second-order valence-electron chi connectivity index (χ2n) is 5.57. The first-order chi connectivity index (χ1) is 13.0. The molecule has 0 radical (unpaired) electrons. The number of nitrogens with one attached hydrogen (secondary N) is 1. The molecule has 0 aliphatic rings. The summed E-state index contributed by atoms with van der Waals surface area (Å²) in [6.07, 6.45) is 0. The average molecular weight is 388 g/mol. The van der Waals surface area contributed by atoms with Crippen LogP contribution in [-0.4, -0.2) is 33.6 Å². The van der Waals surface area contributed by atoms with Crippen LogP contribution in [0.25, 0.3) is 10.2 Å². The molecule has 0 spiro atoms. The van der Waals surface area contributed by atoms with Crippen molar-refractivity contribution in [1.82, 2.24) is 9.97 Å². The number of carbonyl (C=O) groups is 2. The van der Waals surface area contributed by atoms with E-state index in [2.05, 4.69) is 9.97 Å². The molecule has 0 unspecified atom stereocenters. The van der Waals surface area contributed by atoms with Crippen molar-refractivity contribution in [2.24, 2.45) is 0 Å². The maximum atomic E-state index is 12.1. The Bertz CT molecular complexity index is 1040. The Kier molecular flexibility index (Phi) is 5.63. The summed E-state index contributed by atoms with van der Waals surface area (Å²) < 4.78 is 10.6. The van der Waals surface area contributed by atoms with Gasteiger partial charge in [0.25, 0.3) is 5.56 Å². The van der Waals surface area contributed by atoms with Gasteiger partial charge in [0, 0.05) is 5.56 Å². The van der Waals surface area contributed by atoms with E-state index in [1.165, 1.54) is 11.3 Å². The van der Waals surface area contributed by atoms with Gasteiger partial charge in [-0.1, -0.05) is 12.1 Å². The number of fused-ring (bicyclic) bond motifs is 1. The van der Waals surface area contributed by atoms with Crippen molar-refractivity contribution in [2.45, 2.75) is 20.1 Å². The van der Waals surface area contributed by atoms with E-state index in [0.717, 1.165) is 5.56 Å². The van der Waals surface area contributed by atoms with Gasteiger partial charge in [-0.25, -0.2) is 14.6 Å². The van der Waals surface area contributed by atoms with Gasteiger partial charge in [0.15, 0.2) is 0 Å². The van der Waals surface area contributed by atoms with E-state index in [1.54, 1.807) is 36.6 Å². The highest BCUT2D eigenvalue weighted by atomic mass is 32.1. The van der Waals surface area contributed by atoms with Crippen LogP contribution in [0.3, 0.4) is 0 Å². The molecule has 0 saturated heterocycles. The van der Waals surface area contributed by atoms with Crippen LogP contribution in [0.15, 0.2) is 34.4 Å². The van der Waals surface area contributed by atoms with Crippen LogP contribution in [-0.2, 0) is 22.7 Å². The Morgan fingerprint density at radius 1 is 1.22 bits per heavy atom. The van der Waals surface area contributed by atoms with Crippen LogP contribution < -0.4 is 5.56 Å². The number of carbonyl (C=O) groups excluding carboxylic acids is 1. The number of carboxylic acid groups (broad SMARTS) is 1. The van der Waals surface area contributed by atoms with E-state index >= 15 is 0 Å². The van der Waals surface area contributed by atoms with Gasteiger partial charge in [-0.05, 0) is 30.0 Å². The second kappa shape index (κ2) is 8.11. The van der Waals surface area contributed by atoms with E-state index in [-0.39, 0.29) is 18.4 Å². The summed E-state index contributed by atoms with van der Waals surface area (Å²) in [7, 11) is 0. The van der Waals surface area contributed by atoms with Crippen molar-refractivity contribution in [3.8, 4) is 0 Å². The van der Waals surface area contributed by atoms with Crippen LogP contribution >= 0.6 is 11.3 Å². The number of aromatic amines is 1. The van der Waals surface area contributed by atoms with Crippen LogP contribution in [0.5, 0.6) is 0 Å². The number of nitrogens with zero attached hydrogens (tertiary/aromatic N) is 1. The van der Waals surface area contributed by atoms with E-state index in [4.69, 9.17) is 14.6 Å². The third kappa shape index (κ3) is 4.21. The number of benzene rings is 1. The molecular weight excluding hydrogens is 372 g/mol. The van der Waals surface area contributed by atoms with Gasteiger partial charge in [-0.2, -0.15) is 0 Å². The third-order valence-corrected chi connectivity index (χ3v) is 4.64. The zero-order chi connectivity index (χ0) is 19.4. The van der Waals surface area contributed by atoms with E-state index in [1.807, 2.05) is 0 Å². The number of ether oxygens (including phenoxy) is 2. The minimum atomic E-state index is -1.29. The summed E-state index contributed by atoms with van der Waals surface area (Å²) in [5, 5.41) is 11.0. The number of carboxylic acids is 1. The van der Waals surface area contributed by atoms with Crippen LogP contribution in [0.2, 0.25) is 0 Å². The molecule has 3 rings (SSSR count). The molecule has 2 N–H and O–H groups in total. The standard InChI is InChI=1S/C18H16N2O6S/c1-2-26-18(24)11-5-3-10(4-6-11)7-25-8-12-9-27-16-13(12)15(21)19-14(20-16)17(22)23/h3-6,9H,2,7-8H2,1H3,(H,22,23)(H,19,20,21). The van der Waals surface area contributed by atoms with Crippen LogP contribution in [0.1, 0.15) is 39.0 Å². The monoisotopic (exact) mass is 388 g/mol. The highest BCUT2D eigenvalue weighted by molar-refractivity contribution is 7.16. The number of aromatic nitrogens is 2. The molecule has 0 aliphatic heterocycles. The predicted molar refractivity (Wildman–Crippen MR) is 98.1 cm³/mol. The highest BCUT2D eigenvalue weighted by Gasteiger charge is 2.14. The fraction of sp³-hybridized carbons (Fsp3) is 0.222. The minimum Gasteiger partial charge on any atom is -0.475 e. The smallest absolute Gasteiger partial charge is 0.372 e. The first-order valence-corrected chi connectivity index (χ1v) is 8.95. The van der Waals surface area contributed by atoms with Crippen molar-refractivity contribution in [3.05, 3.63) is 62.5 Å². The van der Waals surface area contributed by atoms with Gasteiger partial charge in [-0.3, -0.25) is 4.79 Å². The molecule has 3 aromatic rings. The lowest BCUT2D eigenvalue weighted by atomic mass is 10.1. The second-order valence-corrected chi connectivity index (χ2v) is 6.43. The molecule has 0 saturated carbocycles. The predicted octanol–water partition coefficient (Wildman–Crippen LogP) is 2.58. The Morgan fingerprint density at radius 2 is 1.96 bits per heavy atom. The zero-order valence-corrected chi connectivity index (χ0v) is 15.2. The first kappa shape index (κ1) is 18.7. The molecule has 2 aromatic heterocycles. The molecule has 140 valence electrons. The fourth-order valence-electron chi connectivity index (χ4n) is 2.44. The van der Waals surface area contributed by atoms with Gasteiger partial charge in [0.05, 0.1) is 30.8 Å². The van der Waals surface area contributed by atoms with Gasteiger partial charge < -0.3 is 19.6 Å². The van der Waals surface area contributed by atoms with E-state index in [9.17, 15) is 14.4 Å². The van der Waals surface area contributed by atoms with E-state index < -0.39 is 11.5 Å². The van der Waals surface area contributed by atoms with Crippen LogP contribution in [0, 0.1) is 0 Å². The lowest BCUT2D eigenvalue weighted by Gasteiger charge is -2.05. The summed E-state index contributed by atoms with van der Waals surface area (Å²) >= 11 is 1.19. The fourth-order valence-corrected chi connectivity index (χ4v) is 3.37. The molecule has 9 heteroatoms. The quantitative estimate of drug-likeness (QED) is 0.597. The Labute approximate surface area is 157 Å². The number of esters is 1. The number of H-pyrrole nitrogens is 1. The molecule has 0 aliphatic carbocycles. The molecule has 27 heavy (non-hydrogen) atoms. The van der Waals surface area contributed by atoms with Crippen LogP contribution in [0.4, 0.5) is 0 Å². The highest BCUT2D eigenvalue weighted by Crippen LogP contribution is 2.22. The Hall–Kier alpha value is -3.04. The number of rotatable bonds is 7. The Balaban J connectivity index is 1.66. The van der Waals surface area contributed by atoms with E-state index in [0.29, 0.717) is 34.6 Å². The first-order valence-electron chi connectivity index (χ1n) is 8.07. The molecule has 0 atom stereocenters. The molecule has 0 fully saturated rings. The van der Waals surface area contributed by atoms with Gasteiger partial charge >= 0.3 is 11.9 Å². The summed E-state index contributed by atoms with van der Waals surface area (Å²) in [4.78, 5) is 41.2. The maximum absolute atomic E-state index is 12.1. The van der Waals surface area contributed by atoms with Gasteiger partial charge in [-0.15, -0.1) is 11.3 Å². The topological polar surface area (TPSA) is 119 Å². The SMILES string of the molecule is CCOC(=O)c1ccc(COCc2csc3nc(C(=O)O)[nH]c(=O)c23)cc1. The molecular formula is C18H16N2O6S. The number of aromatic carboxylic acids is 1. The van der Waals surface area contributed by atoms with Crippen molar-refractivity contribution in [2.75, 3.05) is 6.61 Å². The maximum Gasteiger partial charge on any atom is 0.372 e. The normalized spacial score (nSPS) is 10.9. The van der Waals surface area contributed by atoms with Gasteiger partial charge in [0.2, 0.25) is 5.82 Å². The minimum absolute atomic E-state index is 0.177.